The summed E-state index contributed by atoms with van der Waals surface area (Å²) in [5.41, 5.74) is -0.0673. The number of carbonyl (C=O) groups is 2. The summed E-state index contributed by atoms with van der Waals surface area (Å²) in [6, 6.07) is 9.39. The van der Waals surface area contributed by atoms with Crippen LogP contribution in [0.5, 0.6) is 5.75 Å². The average Bonchev–Trinajstić information content (AvgIpc) is 3.10. The van der Waals surface area contributed by atoms with Gasteiger partial charge in [0, 0.05) is 11.8 Å². The Hall–Kier alpha value is -2.59. The smallest absolute Gasteiger partial charge is 0.279 e. The Kier molecular flexibility index (Phi) is 6.98. The third kappa shape index (κ3) is 5.46. The molecule has 7 heteroatoms. The van der Waals surface area contributed by atoms with Gasteiger partial charge in [-0.1, -0.05) is 6.07 Å². The highest BCUT2D eigenvalue weighted by Crippen LogP contribution is 2.28. The van der Waals surface area contributed by atoms with Gasteiger partial charge in [0.05, 0.1) is 19.7 Å². The van der Waals surface area contributed by atoms with Gasteiger partial charge in [0.15, 0.2) is 13.1 Å². The molecule has 3 N–H and O–H groups in total. The van der Waals surface area contributed by atoms with Gasteiger partial charge in [-0.3, -0.25) is 9.59 Å². The summed E-state index contributed by atoms with van der Waals surface area (Å²) in [6.07, 6.45) is 3.32. The second-order valence-corrected chi connectivity index (χ2v) is 6.69. The van der Waals surface area contributed by atoms with Crippen LogP contribution in [0.15, 0.2) is 24.3 Å². The van der Waals surface area contributed by atoms with Gasteiger partial charge in [0.25, 0.3) is 11.8 Å². The van der Waals surface area contributed by atoms with E-state index in [4.69, 9.17) is 4.74 Å². The van der Waals surface area contributed by atoms with E-state index >= 15 is 0 Å². The molecule has 0 saturated heterocycles. The molecule has 0 spiro atoms. The number of benzene rings is 1. The quantitative estimate of drug-likeness (QED) is 0.629. The average molecular weight is 359 g/mol. The third-order valence-electron chi connectivity index (χ3n) is 4.72. The minimum absolute atomic E-state index is 0.168. The first-order chi connectivity index (χ1) is 12.5. The van der Waals surface area contributed by atoms with Crippen molar-refractivity contribution in [2.45, 2.75) is 38.1 Å². The van der Waals surface area contributed by atoms with E-state index in [1.807, 2.05) is 6.92 Å². The van der Waals surface area contributed by atoms with Crippen LogP contribution in [0.4, 0.5) is 5.69 Å². The largest absolute Gasteiger partial charge is 0.497 e. The van der Waals surface area contributed by atoms with E-state index in [1.165, 1.54) is 0 Å². The van der Waals surface area contributed by atoms with Gasteiger partial charge in [-0.15, -0.1) is 0 Å². The zero-order valence-corrected chi connectivity index (χ0v) is 15.4. The van der Waals surface area contributed by atoms with Crippen LogP contribution in [0.25, 0.3) is 0 Å². The molecule has 0 bridgehead atoms. The summed E-state index contributed by atoms with van der Waals surface area (Å²) in [4.78, 5) is 25.4. The van der Waals surface area contributed by atoms with Gasteiger partial charge >= 0.3 is 0 Å². The van der Waals surface area contributed by atoms with Gasteiger partial charge in [0.2, 0.25) is 0 Å². The summed E-state index contributed by atoms with van der Waals surface area (Å²) in [5.74, 6) is 0.318. The Morgan fingerprint density at radius 3 is 2.58 bits per heavy atom. The van der Waals surface area contributed by atoms with Crippen molar-refractivity contribution < 1.29 is 19.2 Å². The molecule has 0 heterocycles. The van der Waals surface area contributed by atoms with Crippen LogP contribution in [0.2, 0.25) is 0 Å². The normalized spacial score (nSPS) is 16.3. The molecule has 0 aromatic heterocycles. The molecule has 1 saturated carbocycles. The molecule has 1 fully saturated rings. The molecular weight excluding hydrogens is 332 g/mol. The lowest BCUT2D eigenvalue weighted by Gasteiger charge is -2.23. The number of nitrogens with zero attached hydrogens (tertiary/aromatic N) is 1. The van der Waals surface area contributed by atoms with E-state index in [9.17, 15) is 14.9 Å². The number of amides is 2. The Bertz CT molecular complexity index is 678. The van der Waals surface area contributed by atoms with Crippen molar-refractivity contribution in [2.75, 3.05) is 32.1 Å². The van der Waals surface area contributed by atoms with Crippen molar-refractivity contribution in [3.63, 3.8) is 0 Å². The van der Waals surface area contributed by atoms with E-state index < -0.39 is 5.54 Å². The number of methoxy groups -OCH3 is 1. The predicted molar refractivity (Wildman–Crippen MR) is 97.8 cm³/mol. The van der Waals surface area contributed by atoms with Gasteiger partial charge in [-0.2, -0.15) is 5.26 Å². The number of rotatable bonds is 8. The first kappa shape index (κ1) is 19.7. The van der Waals surface area contributed by atoms with Crippen molar-refractivity contribution in [2.24, 2.45) is 0 Å². The molecule has 1 aliphatic carbocycles. The van der Waals surface area contributed by atoms with Crippen LogP contribution in [-0.2, 0) is 9.59 Å². The lowest BCUT2D eigenvalue weighted by atomic mass is 10.00. The van der Waals surface area contributed by atoms with Gasteiger partial charge < -0.3 is 20.3 Å². The number of nitrogens with one attached hydrogen (secondary N) is 3. The number of carbonyl (C=O) groups excluding carboxylic acids is 2. The third-order valence-corrected chi connectivity index (χ3v) is 4.72. The molecule has 2 amide bonds. The predicted octanol–water partition coefficient (Wildman–Crippen LogP) is 0.491. The number of nitriles is 1. The summed E-state index contributed by atoms with van der Waals surface area (Å²) in [7, 11) is 1.57. The van der Waals surface area contributed by atoms with Crippen LogP contribution >= 0.6 is 0 Å². The molecule has 0 radical (unpaired) electrons. The van der Waals surface area contributed by atoms with Crippen molar-refractivity contribution in [1.29, 1.82) is 5.26 Å². The van der Waals surface area contributed by atoms with E-state index in [2.05, 4.69) is 16.7 Å². The Labute approximate surface area is 154 Å². The van der Waals surface area contributed by atoms with Crippen molar-refractivity contribution in [3.05, 3.63) is 24.3 Å². The Balaban J connectivity index is 1.86. The van der Waals surface area contributed by atoms with Crippen molar-refractivity contribution in [1.82, 2.24) is 5.32 Å². The Morgan fingerprint density at radius 2 is 1.96 bits per heavy atom. The molecule has 1 aliphatic rings. The SMILES string of the molecule is CC[NH+](CC(=O)Nc1cccc(OC)c1)CC(=O)NC1(C#N)CCCC1. The minimum atomic E-state index is -0.723. The van der Waals surface area contributed by atoms with Gasteiger partial charge in [0.1, 0.15) is 11.3 Å². The van der Waals surface area contributed by atoms with E-state index in [1.54, 1.807) is 31.4 Å². The molecule has 26 heavy (non-hydrogen) atoms. The summed E-state index contributed by atoms with van der Waals surface area (Å²) >= 11 is 0. The topological polar surface area (TPSA) is 95.7 Å². The molecule has 1 aromatic rings. The van der Waals surface area contributed by atoms with Crippen molar-refractivity contribution in [3.8, 4) is 11.8 Å². The fourth-order valence-corrected chi connectivity index (χ4v) is 3.23. The maximum absolute atomic E-state index is 12.3. The van der Waals surface area contributed by atoms with Crippen LogP contribution < -0.4 is 20.3 Å². The molecule has 140 valence electrons. The molecule has 1 unspecified atom stereocenters. The number of quaternary nitrogens is 1. The lowest BCUT2D eigenvalue weighted by molar-refractivity contribution is -0.881. The van der Waals surface area contributed by atoms with E-state index in [0.29, 0.717) is 30.8 Å². The first-order valence-corrected chi connectivity index (χ1v) is 9.00. The number of hydrogen-bond acceptors (Lipinski definition) is 4. The molecule has 1 atom stereocenters. The summed E-state index contributed by atoms with van der Waals surface area (Å²) < 4.78 is 5.14. The highest BCUT2D eigenvalue weighted by molar-refractivity contribution is 5.91. The lowest BCUT2D eigenvalue weighted by Crippen LogP contribution is -3.14. The van der Waals surface area contributed by atoms with Gasteiger partial charge in [-0.25, -0.2) is 0 Å². The number of ether oxygens (including phenoxy) is 1. The second kappa shape index (κ2) is 9.20. The summed E-state index contributed by atoms with van der Waals surface area (Å²) in [5, 5.41) is 15.1. The maximum atomic E-state index is 12.3. The van der Waals surface area contributed by atoms with E-state index in [0.717, 1.165) is 17.7 Å². The number of anilines is 1. The molecule has 7 nitrogen and oxygen atoms in total. The molecular formula is C19H27N4O3+. The monoisotopic (exact) mass is 359 g/mol. The van der Waals surface area contributed by atoms with Crippen LogP contribution in [0, 0.1) is 11.3 Å². The second-order valence-electron chi connectivity index (χ2n) is 6.69. The first-order valence-electron chi connectivity index (χ1n) is 9.00. The van der Waals surface area contributed by atoms with Crippen LogP contribution in [-0.4, -0.2) is 44.1 Å². The van der Waals surface area contributed by atoms with Crippen molar-refractivity contribution >= 4 is 17.5 Å². The molecule has 1 aromatic carbocycles. The minimum Gasteiger partial charge on any atom is -0.497 e. The van der Waals surface area contributed by atoms with Crippen LogP contribution in [0.3, 0.4) is 0 Å². The molecule has 0 aliphatic heterocycles. The van der Waals surface area contributed by atoms with E-state index in [-0.39, 0.29) is 24.9 Å². The highest BCUT2D eigenvalue weighted by Gasteiger charge is 2.36. The standard InChI is InChI=1S/C19H26N4O3/c1-3-23(13-18(25)22-19(14-20)9-4-5-10-19)12-17(24)21-15-7-6-8-16(11-15)26-2/h6-8,11H,3-5,9-10,12-13H2,1-2H3,(H,21,24)(H,22,25)/p+1. The number of likely N-dealkylation sites (N-methyl/N-ethyl adjacent to an activating group) is 1. The Morgan fingerprint density at radius 1 is 1.27 bits per heavy atom. The van der Waals surface area contributed by atoms with Gasteiger partial charge in [-0.05, 0) is 44.7 Å². The highest BCUT2D eigenvalue weighted by atomic mass is 16.5. The molecule has 2 rings (SSSR count). The fraction of sp³-hybridized carbons (Fsp3) is 0.526. The maximum Gasteiger partial charge on any atom is 0.279 e. The zero-order valence-electron chi connectivity index (χ0n) is 15.4. The number of hydrogen-bond donors (Lipinski definition) is 3. The fourth-order valence-electron chi connectivity index (χ4n) is 3.23. The summed E-state index contributed by atoms with van der Waals surface area (Å²) in [6.45, 7) is 2.92. The van der Waals surface area contributed by atoms with Crippen LogP contribution in [0.1, 0.15) is 32.6 Å². The zero-order chi connectivity index (χ0) is 19.0.